The molecule has 132 valence electrons. The first-order valence-corrected chi connectivity index (χ1v) is 8.40. The van der Waals surface area contributed by atoms with Crippen molar-refractivity contribution in [3.63, 3.8) is 0 Å². The molecule has 0 aliphatic rings. The highest BCUT2D eigenvalue weighted by Gasteiger charge is 2.11. The maximum atomic E-state index is 11.5. The van der Waals surface area contributed by atoms with Crippen LogP contribution in [-0.4, -0.2) is 24.2 Å². The van der Waals surface area contributed by atoms with Crippen molar-refractivity contribution in [2.75, 3.05) is 13.2 Å². The van der Waals surface area contributed by atoms with Gasteiger partial charge in [0, 0.05) is 22.7 Å². The van der Waals surface area contributed by atoms with E-state index < -0.39 is 5.97 Å². The predicted molar refractivity (Wildman–Crippen MR) is 97.6 cm³/mol. The summed E-state index contributed by atoms with van der Waals surface area (Å²) in [5.74, 6) is 0.580. The number of aromatic nitrogens is 1. The van der Waals surface area contributed by atoms with E-state index in [-0.39, 0.29) is 5.88 Å². The van der Waals surface area contributed by atoms with E-state index in [1.54, 1.807) is 43.3 Å². The largest absolute Gasteiger partial charge is 0.478 e. The average Bonchev–Trinajstić information content (AvgIpc) is 2.57. The summed E-state index contributed by atoms with van der Waals surface area (Å²) in [4.78, 5) is 15.8. The molecule has 7 heteroatoms. The van der Waals surface area contributed by atoms with Crippen molar-refractivity contribution in [3.05, 3.63) is 52.0 Å². The van der Waals surface area contributed by atoms with Crippen molar-refractivity contribution in [2.45, 2.75) is 13.8 Å². The molecule has 2 rings (SSSR count). The highest BCUT2D eigenvalue weighted by Crippen LogP contribution is 2.33. The first-order valence-electron chi connectivity index (χ1n) is 7.65. The molecule has 0 atom stereocenters. The molecule has 1 heterocycles. The summed E-state index contributed by atoms with van der Waals surface area (Å²) in [6.45, 7) is 4.36. The summed E-state index contributed by atoms with van der Waals surface area (Å²) >= 11 is 12.0. The Hall–Kier alpha value is -2.24. The van der Waals surface area contributed by atoms with Gasteiger partial charge in [0.05, 0.1) is 18.2 Å². The normalized spacial score (nSPS) is 10.7. The van der Waals surface area contributed by atoms with Crippen LogP contribution >= 0.6 is 23.2 Å². The van der Waals surface area contributed by atoms with Crippen molar-refractivity contribution in [1.29, 1.82) is 0 Å². The quantitative estimate of drug-likeness (QED) is 0.489. The van der Waals surface area contributed by atoms with E-state index in [2.05, 4.69) is 4.98 Å². The number of hydrogen-bond acceptors (Lipinski definition) is 5. The van der Waals surface area contributed by atoms with E-state index >= 15 is 0 Å². The number of carbonyl (C=O) groups excluding carboxylic acids is 1. The summed E-state index contributed by atoms with van der Waals surface area (Å²) in [6.07, 6.45) is 2.86. The minimum Gasteiger partial charge on any atom is -0.478 e. The van der Waals surface area contributed by atoms with E-state index in [4.69, 9.17) is 37.4 Å². The van der Waals surface area contributed by atoms with Crippen molar-refractivity contribution in [3.8, 4) is 17.5 Å². The fourth-order valence-electron chi connectivity index (χ4n) is 1.88. The third-order valence-corrected chi connectivity index (χ3v) is 3.47. The number of carbonyl (C=O) groups is 1. The minimum atomic E-state index is -0.452. The standard InChI is InChI=1S/C18H17Cl2NO4/c1-3-23-16-9-5-12(6-10-17(22)24-4-2)18(21-16)25-15-8-7-13(19)11-14(15)20/h5-11H,3-4H2,1-2H3. The smallest absolute Gasteiger partial charge is 0.330 e. The van der Waals surface area contributed by atoms with Gasteiger partial charge in [0.15, 0.2) is 0 Å². The van der Waals surface area contributed by atoms with Crippen LogP contribution in [0.5, 0.6) is 17.5 Å². The Bertz CT molecular complexity index is 778. The van der Waals surface area contributed by atoms with E-state index in [9.17, 15) is 4.79 Å². The molecule has 0 saturated carbocycles. The fraction of sp³-hybridized carbons (Fsp3) is 0.222. The van der Waals surface area contributed by atoms with Crippen LogP contribution in [0.25, 0.3) is 6.08 Å². The molecule has 0 N–H and O–H groups in total. The monoisotopic (exact) mass is 381 g/mol. The average molecular weight is 382 g/mol. The molecule has 0 unspecified atom stereocenters. The third-order valence-electron chi connectivity index (χ3n) is 2.94. The molecule has 0 bridgehead atoms. The van der Waals surface area contributed by atoms with Gasteiger partial charge in [-0.3, -0.25) is 0 Å². The van der Waals surface area contributed by atoms with E-state index in [1.807, 2.05) is 6.92 Å². The first-order chi connectivity index (χ1) is 12.0. The zero-order valence-electron chi connectivity index (χ0n) is 13.8. The lowest BCUT2D eigenvalue weighted by Gasteiger charge is -2.11. The molecule has 25 heavy (non-hydrogen) atoms. The molecule has 0 amide bonds. The van der Waals surface area contributed by atoms with Gasteiger partial charge in [-0.1, -0.05) is 23.2 Å². The van der Waals surface area contributed by atoms with Crippen molar-refractivity contribution in [2.24, 2.45) is 0 Å². The van der Waals surface area contributed by atoms with Crippen LogP contribution in [0.1, 0.15) is 19.4 Å². The molecule has 0 spiro atoms. The Morgan fingerprint density at radius 1 is 1.16 bits per heavy atom. The second kappa shape index (κ2) is 9.30. The lowest BCUT2D eigenvalue weighted by Crippen LogP contribution is -2.00. The first kappa shape index (κ1) is 19.1. The predicted octanol–water partition coefficient (Wildman–Crippen LogP) is 5.16. The van der Waals surface area contributed by atoms with Gasteiger partial charge in [0.1, 0.15) is 5.75 Å². The molecule has 0 aliphatic heterocycles. The molecule has 2 aromatic rings. The zero-order valence-corrected chi connectivity index (χ0v) is 15.3. The Balaban J connectivity index is 2.34. The summed E-state index contributed by atoms with van der Waals surface area (Å²) in [5.41, 5.74) is 0.572. The molecule has 0 radical (unpaired) electrons. The van der Waals surface area contributed by atoms with Gasteiger partial charge in [0.25, 0.3) is 0 Å². The van der Waals surface area contributed by atoms with Gasteiger partial charge in [-0.05, 0) is 44.2 Å². The Morgan fingerprint density at radius 3 is 2.64 bits per heavy atom. The maximum absolute atomic E-state index is 11.5. The second-order valence-corrected chi connectivity index (χ2v) is 5.58. The number of ether oxygens (including phenoxy) is 3. The number of pyridine rings is 1. The number of nitrogens with zero attached hydrogens (tertiary/aromatic N) is 1. The van der Waals surface area contributed by atoms with Crippen LogP contribution in [0.4, 0.5) is 0 Å². The van der Waals surface area contributed by atoms with E-state index in [0.717, 1.165) is 0 Å². The highest BCUT2D eigenvalue weighted by molar-refractivity contribution is 6.35. The molecule has 0 fully saturated rings. The van der Waals surface area contributed by atoms with Crippen LogP contribution in [0.3, 0.4) is 0 Å². The SMILES string of the molecule is CCOC(=O)C=Cc1ccc(OCC)nc1Oc1ccc(Cl)cc1Cl. The number of benzene rings is 1. The molecule has 0 aliphatic carbocycles. The molecular formula is C18H17Cl2NO4. The minimum absolute atomic E-state index is 0.246. The summed E-state index contributed by atoms with van der Waals surface area (Å²) < 4.78 is 16.1. The molecule has 5 nitrogen and oxygen atoms in total. The van der Waals surface area contributed by atoms with Gasteiger partial charge in [-0.25, -0.2) is 4.79 Å². The van der Waals surface area contributed by atoms with Gasteiger partial charge in [0.2, 0.25) is 11.8 Å². The van der Waals surface area contributed by atoms with Gasteiger partial charge >= 0.3 is 5.97 Å². The van der Waals surface area contributed by atoms with Gasteiger partial charge < -0.3 is 14.2 Å². The van der Waals surface area contributed by atoms with Crippen LogP contribution < -0.4 is 9.47 Å². The topological polar surface area (TPSA) is 57.7 Å². The zero-order chi connectivity index (χ0) is 18.2. The van der Waals surface area contributed by atoms with Crippen LogP contribution in [0.2, 0.25) is 10.0 Å². The molecule has 0 saturated heterocycles. The lowest BCUT2D eigenvalue weighted by molar-refractivity contribution is -0.137. The lowest BCUT2D eigenvalue weighted by atomic mass is 10.2. The summed E-state index contributed by atoms with van der Waals surface area (Å²) in [6, 6.07) is 8.28. The van der Waals surface area contributed by atoms with Crippen molar-refractivity contribution < 1.29 is 19.0 Å². The fourth-order valence-corrected chi connectivity index (χ4v) is 2.33. The Labute approximate surface area is 156 Å². The van der Waals surface area contributed by atoms with Crippen LogP contribution in [-0.2, 0) is 9.53 Å². The highest BCUT2D eigenvalue weighted by atomic mass is 35.5. The number of halogens is 2. The van der Waals surface area contributed by atoms with Crippen molar-refractivity contribution in [1.82, 2.24) is 4.98 Å². The Kier molecular flexibility index (Phi) is 7.10. The number of esters is 1. The number of hydrogen-bond donors (Lipinski definition) is 0. The number of rotatable bonds is 7. The van der Waals surface area contributed by atoms with Crippen LogP contribution in [0, 0.1) is 0 Å². The summed E-state index contributed by atoms with van der Waals surface area (Å²) in [7, 11) is 0. The molecule has 1 aromatic heterocycles. The molecular weight excluding hydrogens is 365 g/mol. The third kappa shape index (κ3) is 5.66. The summed E-state index contributed by atoms with van der Waals surface area (Å²) in [5, 5.41) is 0.840. The molecule has 1 aromatic carbocycles. The Morgan fingerprint density at radius 2 is 1.96 bits per heavy atom. The maximum Gasteiger partial charge on any atom is 0.330 e. The second-order valence-electron chi connectivity index (χ2n) is 4.74. The van der Waals surface area contributed by atoms with Crippen molar-refractivity contribution >= 4 is 35.2 Å². The van der Waals surface area contributed by atoms with Gasteiger partial charge in [-0.2, -0.15) is 4.98 Å². The van der Waals surface area contributed by atoms with Crippen LogP contribution in [0.15, 0.2) is 36.4 Å². The van der Waals surface area contributed by atoms with Gasteiger partial charge in [-0.15, -0.1) is 0 Å². The van der Waals surface area contributed by atoms with E-state index in [0.29, 0.717) is 40.5 Å². The van der Waals surface area contributed by atoms with E-state index in [1.165, 1.54) is 6.08 Å².